The fourth-order valence-corrected chi connectivity index (χ4v) is 3.26. The van der Waals surface area contributed by atoms with Crippen LogP contribution in [0, 0.1) is 6.92 Å². The summed E-state index contributed by atoms with van der Waals surface area (Å²) in [5, 5.41) is 23.4. The predicted molar refractivity (Wildman–Crippen MR) is 120 cm³/mol. The van der Waals surface area contributed by atoms with Gasteiger partial charge in [0.1, 0.15) is 18.5 Å². The Bertz CT molecular complexity index is 1090. The van der Waals surface area contributed by atoms with E-state index in [-0.39, 0.29) is 31.3 Å². The molecule has 0 aliphatic rings. The Morgan fingerprint density at radius 1 is 1.06 bits per heavy atom. The number of ether oxygens (including phenoxy) is 3. The van der Waals surface area contributed by atoms with Crippen molar-refractivity contribution in [3.63, 3.8) is 0 Å². The minimum Gasteiger partial charge on any atom is -0.493 e. The number of methoxy groups -OCH3 is 2. The highest BCUT2D eigenvalue weighted by atomic mass is 16.5. The maximum Gasteiger partial charge on any atom is 0.335 e. The summed E-state index contributed by atoms with van der Waals surface area (Å²) in [5.41, 5.74) is 1.15. The van der Waals surface area contributed by atoms with Crippen LogP contribution in [0.5, 0.6) is 23.1 Å². The van der Waals surface area contributed by atoms with Gasteiger partial charge in [0.15, 0.2) is 11.5 Å². The number of imidazole rings is 1. The molecule has 0 radical (unpaired) electrons. The number of aromatic nitrogens is 2. The van der Waals surface area contributed by atoms with Crippen molar-refractivity contribution in [2.24, 2.45) is 0 Å². The first-order chi connectivity index (χ1) is 15.4. The number of hydrogen-bond donors (Lipinski definition) is 3. The third kappa shape index (κ3) is 5.43. The van der Waals surface area contributed by atoms with Gasteiger partial charge in [0.2, 0.25) is 5.88 Å². The lowest BCUT2D eigenvalue weighted by Crippen LogP contribution is -2.34. The van der Waals surface area contributed by atoms with Gasteiger partial charge in [-0.05, 0) is 30.7 Å². The van der Waals surface area contributed by atoms with Gasteiger partial charge in [-0.25, -0.2) is 4.79 Å². The minimum absolute atomic E-state index is 0.152. The summed E-state index contributed by atoms with van der Waals surface area (Å²) in [6, 6.07) is 12.7. The number of aromatic hydroxyl groups is 1. The Morgan fingerprint density at radius 2 is 1.81 bits per heavy atom. The highest BCUT2D eigenvalue weighted by molar-refractivity contribution is 5.49. The van der Waals surface area contributed by atoms with Crippen molar-refractivity contribution in [3.8, 4) is 28.8 Å². The zero-order valence-corrected chi connectivity index (χ0v) is 18.4. The molecular formula is C23H29N3O6. The molecule has 9 heteroatoms. The van der Waals surface area contributed by atoms with E-state index >= 15 is 0 Å². The van der Waals surface area contributed by atoms with Gasteiger partial charge in [0.25, 0.3) is 0 Å². The van der Waals surface area contributed by atoms with Crippen LogP contribution < -0.4 is 25.2 Å². The standard InChI is InChI=1S/C23H29N3O6/c1-16-6-4-5-7-19(16)32-15-18(27)13-24-10-11-25-22(28)14-26(23(25)29)17-8-9-20(30-2)21(12-17)31-3/h4-9,12,14,18,24,27-28H,10-11,13,15H2,1-3H3. The number of nitrogens with one attached hydrogen (secondary N) is 1. The Labute approximate surface area is 186 Å². The van der Waals surface area contributed by atoms with Gasteiger partial charge in [0.05, 0.1) is 26.1 Å². The molecule has 1 aromatic heterocycles. The fraction of sp³-hybridized carbons (Fsp3) is 0.348. The number of para-hydroxylation sites is 1. The molecule has 0 aliphatic heterocycles. The van der Waals surface area contributed by atoms with Crippen molar-refractivity contribution in [2.45, 2.75) is 19.6 Å². The second-order valence-electron chi connectivity index (χ2n) is 7.27. The lowest BCUT2D eigenvalue weighted by atomic mass is 10.2. The van der Waals surface area contributed by atoms with Crippen molar-refractivity contribution in [1.82, 2.24) is 14.5 Å². The Hall–Kier alpha value is -3.43. The lowest BCUT2D eigenvalue weighted by molar-refractivity contribution is 0.106. The van der Waals surface area contributed by atoms with E-state index < -0.39 is 6.10 Å². The lowest BCUT2D eigenvalue weighted by Gasteiger charge is -2.14. The van der Waals surface area contributed by atoms with Crippen LogP contribution in [-0.2, 0) is 6.54 Å². The first-order valence-corrected chi connectivity index (χ1v) is 10.2. The zero-order valence-electron chi connectivity index (χ0n) is 18.4. The summed E-state index contributed by atoms with van der Waals surface area (Å²) in [6.45, 7) is 3.00. The van der Waals surface area contributed by atoms with E-state index in [1.54, 1.807) is 18.2 Å². The van der Waals surface area contributed by atoms with Crippen LogP contribution in [0.2, 0.25) is 0 Å². The fourth-order valence-electron chi connectivity index (χ4n) is 3.26. The van der Waals surface area contributed by atoms with E-state index in [4.69, 9.17) is 14.2 Å². The van der Waals surface area contributed by atoms with Crippen LogP contribution in [0.1, 0.15) is 5.56 Å². The highest BCUT2D eigenvalue weighted by Crippen LogP contribution is 2.29. The van der Waals surface area contributed by atoms with Crippen molar-refractivity contribution < 1.29 is 24.4 Å². The molecule has 2 aromatic carbocycles. The first kappa shape index (κ1) is 23.2. The first-order valence-electron chi connectivity index (χ1n) is 10.2. The average molecular weight is 444 g/mol. The summed E-state index contributed by atoms with van der Waals surface area (Å²) in [7, 11) is 3.05. The normalized spacial score (nSPS) is 11.9. The molecule has 172 valence electrons. The topological polar surface area (TPSA) is 107 Å². The number of aliphatic hydroxyl groups is 1. The van der Waals surface area contributed by atoms with E-state index in [0.717, 1.165) is 11.3 Å². The molecule has 1 unspecified atom stereocenters. The summed E-state index contributed by atoms with van der Waals surface area (Å²) in [6.07, 6.45) is 0.644. The van der Waals surface area contributed by atoms with Gasteiger partial charge in [0, 0.05) is 25.7 Å². The van der Waals surface area contributed by atoms with Crippen molar-refractivity contribution in [3.05, 3.63) is 64.7 Å². The van der Waals surface area contributed by atoms with Gasteiger partial charge in [-0.15, -0.1) is 0 Å². The number of benzene rings is 2. The molecule has 3 rings (SSSR count). The van der Waals surface area contributed by atoms with Crippen LogP contribution in [0.25, 0.3) is 5.69 Å². The number of aryl methyl sites for hydroxylation is 1. The van der Waals surface area contributed by atoms with E-state index in [1.807, 2.05) is 31.2 Å². The SMILES string of the molecule is COc1ccc(-n2cc(O)n(CCNCC(O)COc3ccccc3C)c2=O)cc1OC. The molecule has 3 N–H and O–H groups in total. The third-order valence-electron chi connectivity index (χ3n) is 5.02. The van der Waals surface area contributed by atoms with E-state index in [0.29, 0.717) is 23.7 Å². The molecule has 0 amide bonds. The molecule has 0 saturated heterocycles. The third-order valence-corrected chi connectivity index (χ3v) is 5.02. The van der Waals surface area contributed by atoms with Gasteiger partial charge in [-0.3, -0.25) is 9.13 Å². The molecule has 32 heavy (non-hydrogen) atoms. The second kappa shape index (κ2) is 10.7. The molecule has 0 bridgehead atoms. The van der Waals surface area contributed by atoms with Gasteiger partial charge < -0.3 is 29.7 Å². The quantitative estimate of drug-likeness (QED) is 0.387. The Balaban J connectivity index is 1.54. The maximum atomic E-state index is 12.8. The number of hydrogen-bond acceptors (Lipinski definition) is 7. The van der Waals surface area contributed by atoms with E-state index in [1.165, 1.54) is 29.6 Å². The van der Waals surface area contributed by atoms with E-state index in [2.05, 4.69) is 5.32 Å². The predicted octanol–water partition coefficient (Wildman–Crippen LogP) is 1.70. The van der Waals surface area contributed by atoms with Crippen LogP contribution in [0.4, 0.5) is 0 Å². The van der Waals surface area contributed by atoms with E-state index in [9.17, 15) is 15.0 Å². The molecule has 0 spiro atoms. The molecule has 9 nitrogen and oxygen atoms in total. The molecule has 3 aromatic rings. The van der Waals surface area contributed by atoms with Gasteiger partial charge in [-0.1, -0.05) is 18.2 Å². The van der Waals surface area contributed by atoms with Crippen molar-refractivity contribution in [1.29, 1.82) is 0 Å². The largest absolute Gasteiger partial charge is 0.493 e. The maximum absolute atomic E-state index is 12.8. The minimum atomic E-state index is -0.712. The molecule has 1 heterocycles. The van der Waals surface area contributed by atoms with Gasteiger partial charge in [-0.2, -0.15) is 0 Å². The van der Waals surface area contributed by atoms with Gasteiger partial charge >= 0.3 is 5.69 Å². The zero-order chi connectivity index (χ0) is 23.1. The van der Waals surface area contributed by atoms with Crippen LogP contribution in [-0.4, -0.2) is 59.4 Å². The average Bonchev–Trinajstić information content (AvgIpc) is 3.09. The highest BCUT2D eigenvalue weighted by Gasteiger charge is 2.14. The van der Waals surface area contributed by atoms with Crippen LogP contribution in [0.3, 0.4) is 0 Å². The van der Waals surface area contributed by atoms with Crippen LogP contribution in [0.15, 0.2) is 53.5 Å². The molecule has 0 aliphatic carbocycles. The summed E-state index contributed by atoms with van der Waals surface area (Å²) in [5.74, 6) is 1.60. The summed E-state index contributed by atoms with van der Waals surface area (Å²) in [4.78, 5) is 12.8. The molecule has 0 fully saturated rings. The van der Waals surface area contributed by atoms with Crippen molar-refractivity contribution in [2.75, 3.05) is 33.9 Å². The van der Waals surface area contributed by atoms with Crippen LogP contribution >= 0.6 is 0 Å². The molecule has 0 saturated carbocycles. The second-order valence-corrected chi connectivity index (χ2v) is 7.27. The monoisotopic (exact) mass is 443 g/mol. The smallest absolute Gasteiger partial charge is 0.335 e. The Kier molecular flexibility index (Phi) is 7.80. The number of rotatable bonds is 11. The summed E-state index contributed by atoms with van der Waals surface area (Å²) >= 11 is 0. The molecular weight excluding hydrogens is 414 g/mol. The molecule has 1 atom stereocenters. The Morgan fingerprint density at radius 3 is 2.53 bits per heavy atom. The van der Waals surface area contributed by atoms with Crippen molar-refractivity contribution >= 4 is 0 Å². The number of nitrogens with zero attached hydrogens (tertiary/aromatic N) is 2. The summed E-state index contributed by atoms with van der Waals surface area (Å²) < 4.78 is 18.7. The number of aliphatic hydroxyl groups excluding tert-OH is 1.